The van der Waals surface area contributed by atoms with Gasteiger partial charge >= 0.3 is 0 Å². The maximum Gasteiger partial charge on any atom is 0.250 e. The molecule has 0 spiro atoms. The molecule has 4 rings (SSSR count). The number of nitrogens with two attached hydrogens (primary N) is 1. The summed E-state index contributed by atoms with van der Waals surface area (Å²) in [6, 6.07) is 16.9. The number of sulfonamides is 1. The Hall–Kier alpha value is -3.56. The second-order valence-electron chi connectivity index (χ2n) is 7.39. The fourth-order valence-electron chi connectivity index (χ4n) is 3.74. The molecule has 9 heteroatoms. The number of anilines is 1. The number of para-hydroxylation sites is 1. The number of benzene rings is 3. The van der Waals surface area contributed by atoms with Gasteiger partial charge in [-0.2, -0.15) is 4.31 Å². The third-order valence-corrected chi connectivity index (χ3v) is 7.25. The highest BCUT2D eigenvalue weighted by Gasteiger charge is 2.39. The average molecular weight is 453 g/mol. The Morgan fingerprint density at radius 3 is 2.25 bits per heavy atom. The number of hydrogen-bond acceptors (Lipinski definition) is 4. The Kier molecular flexibility index (Phi) is 5.77. The molecule has 1 atom stereocenters. The largest absolute Gasteiger partial charge is 0.366 e. The average Bonchev–Trinajstić information content (AvgIpc) is 2.78. The van der Waals surface area contributed by atoms with Crippen molar-refractivity contribution in [1.82, 2.24) is 4.31 Å². The molecule has 7 nitrogen and oxygen atoms in total. The first-order chi connectivity index (χ1) is 15.3. The number of rotatable bonds is 5. The summed E-state index contributed by atoms with van der Waals surface area (Å²) in [5, 5.41) is 2.65. The molecule has 0 radical (unpaired) electrons. The van der Waals surface area contributed by atoms with Crippen molar-refractivity contribution >= 4 is 27.5 Å². The van der Waals surface area contributed by atoms with Gasteiger partial charge in [-0.15, -0.1) is 0 Å². The van der Waals surface area contributed by atoms with Crippen molar-refractivity contribution in [3.05, 3.63) is 95.3 Å². The van der Waals surface area contributed by atoms with Gasteiger partial charge in [0.25, 0.3) is 5.91 Å². The first kappa shape index (κ1) is 21.7. The number of hydrogen-bond donors (Lipinski definition) is 2. The summed E-state index contributed by atoms with van der Waals surface area (Å²) in [4.78, 5) is 24.9. The van der Waals surface area contributed by atoms with Crippen LogP contribution >= 0.6 is 0 Å². The van der Waals surface area contributed by atoms with Gasteiger partial charge in [-0.25, -0.2) is 12.8 Å². The van der Waals surface area contributed by atoms with Crippen LogP contribution in [0.2, 0.25) is 0 Å². The molecule has 0 aliphatic carbocycles. The number of carbonyl (C=O) groups is 2. The maximum absolute atomic E-state index is 13.4. The molecule has 3 N–H and O–H groups in total. The van der Waals surface area contributed by atoms with Crippen molar-refractivity contribution in [2.45, 2.75) is 23.9 Å². The second kappa shape index (κ2) is 8.52. The topological polar surface area (TPSA) is 110 Å². The van der Waals surface area contributed by atoms with Crippen LogP contribution < -0.4 is 11.1 Å². The zero-order chi connectivity index (χ0) is 22.9. The molecule has 32 heavy (non-hydrogen) atoms. The van der Waals surface area contributed by atoms with Gasteiger partial charge in [0, 0.05) is 6.54 Å². The Balaban J connectivity index is 1.73. The summed E-state index contributed by atoms with van der Waals surface area (Å²) < 4.78 is 41.3. The van der Waals surface area contributed by atoms with Crippen LogP contribution in [-0.4, -0.2) is 30.6 Å². The van der Waals surface area contributed by atoms with Gasteiger partial charge in [-0.3, -0.25) is 9.59 Å². The second-order valence-corrected chi connectivity index (χ2v) is 9.28. The Morgan fingerprint density at radius 1 is 0.938 bits per heavy atom. The molecule has 3 aromatic carbocycles. The number of nitrogens with zero attached hydrogens (tertiary/aromatic N) is 1. The predicted molar refractivity (Wildman–Crippen MR) is 117 cm³/mol. The van der Waals surface area contributed by atoms with Crippen molar-refractivity contribution in [2.24, 2.45) is 5.73 Å². The summed E-state index contributed by atoms with van der Waals surface area (Å²) >= 11 is 0. The van der Waals surface area contributed by atoms with E-state index < -0.39 is 33.7 Å². The molecule has 0 fully saturated rings. The Bertz CT molecular complexity index is 1290. The molecule has 1 aliphatic rings. The molecule has 0 bridgehead atoms. The van der Waals surface area contributed by atoms with E-state index in [2.05, 4.69) is 5.32 Å². The number of fused-ring (bicyclic) bond motifs is 1. The van der Waals surface area contributed by atoms with E-state index in [1.807, 2.05) is 12.1 Å². The molecule has 0 aromatic heterocycles. The molecule has 0 saturated carbocycles. The third-order valence-electron chi connectivity index (χ3n) is 5.38. The summed E-state index contributed by atoms with van der Waals surface area (Å²) in [6.45, 7) is -0.0224. The minimum absolute atomic E-state index is 0.0224. The van der Waals surface area contributed by atoms with Gasteiger partial charge in [0.15, 0.2) is 0 Å². The molecule has 0 saturated heterocycles. The lowest BCUT2D eigenvalue weighted by molar-refractivity contribution is -0.120. The summed E-state index contributed by atoms with van der Waals surface area (Å²) in [5.41, 5.74) is 7.33. The van der Waals surface area contributed by atoms with Gasteiger partial charge in [0.05, 0.1) is 16.1 Å². The molecule has 2 amide bonds. The van der Waals surface area contributed by atoms with Crippen LogP contribution in [0.5, 0.6) is 0 Å². The quantitative estimate of drug-likeness (QED) is 0.619. The molecule has 1 aliphatic heterocycles. The highest BCUT2D eigenvalue weighted by atomic mass is 32.2. The number of amides is 2. The lowest BCUT2D eigenvalue weighted by Gasteiger charge is -2.35. The van der Waals surface area contributed by atoms with E-state index in [1.54, 1.807) is 24.3 Å². The van der Waals surface area contributed by atoms with Crippen LogP contribution in [0.25, 0.3) is 0 Å². The summed E-state index contributed by atoms with van der Waals surface area (Å²) in [6.07, 6.45) is 0.140. The van der Waals surface area contributed by atoms with E-state index in [0.29, 0.717) is 0 Å². The molecule has 1 heterocycles. The van der Waals surface area contributed by atoms with E-state index in [1.165, 1.54) is 24.3 Å². The zero-order valence-electron chi connectivity index (χ0n) is 16.9. The molecule has 0 unspecified atom stereocenters. The smallest absolute Gasteiger partial charge is 0.250 e. The van der Waals surface area contributed by atoms with Crippen molar-refractivity contribution in [1.29, 1.82) is 0 Å². The molecular weight excluding hydrogens is 433 g/mol. The van der Waals surface area contributed by atoms with Crippen LogP contribution in [0.4, 0.5) is 10.1 Å². The normalized spacial score (nSPS) is 16.2. The minimum atomic E-state index is -4.12. The lowest BCUT2D eigenvalue weighted by atomic mass is 9.95. The van der Waals surface area contributed by atoms with Crippen molar-refractivity contribution in [3.8, 4) is 0 Å². The third kappa shape index (κ3) is 4.12. The Labute approximate surface area is 184 Å². The van der Waals surface area contributed by atoms with Crippen molar-refractivity contribution in [3.63, 3.8) is 0 Å². The molecular formula is C23H20FN3O4S. The maximum atomic E-state index is 13.4. The van der Waals surface area contributed by atoms with E-state index >= 15 is 0 Å². The van der Waals surface area contributed by atoms with E-state index in [4.69, 9.17) is 5.73 Å². The minimum Gasteiger partial charge on any atom is -0.366 e. The SMILES string of the molecule is NC(=O)c1ccccc1NC(=O)[C@H]1Cc2ccccc2CN1S(=O)(=O)c1ccc(F)cc1. The van der Waals surface area contributed by atoms with Gasteiger partial charge in [0.2, 0.25) is 15.9 Å². The van der Waals surface area contributed by atoms with Crippen molar-refractivity contribution in [2.75, 3.05) is 5.32 Å². The highest BCUT2D eigenvalue weighted by molar-refractivity contribution is 7.89. The van der Waals surface area contributed by atoms with Crippen LogP contribution in [-0.2, 0) is 27.8 Å². The van der Waals surface area contributed by atoms with Gasteiger partial charge in [0.1, 0.15) is 11.9 Å². The van der Waals surface area contributed by atoms with E-state index in [0.717, 1.165) is 27.6 Å². The van der Waals surface area contributed by atoms with Gasteiger partial charge in [-0.1, -0.05) is 36.4 Å². The van der Waals surface area contributed by atoms with E-state index in [-0.39, 0.29) is 29.1 Å². The first-order valence-electron chi connectivity index (χ1n) is 9.81. The summed E-state index contributed by atoms with van der Waals surface area (Å²) in [5.74, 6) is -1.88. The first-order valence-corrected chi connectivity index (χ1v) is 11.3. The number of primary amides is 1. The van der Waals surface area contributed by atoms with Crippen molar-refractivity contribution < 1.29 is 22.4 Å². The number of carbonyl (C=O) groups excluding carboxylic acids is 2. The number of halogens is 1. The van der Waals surface area contributed by atoms with Gasteiger partial charge in [-0.05, 0) is 53.9 Å². The Morgan fingerprint density at radius 2 is 1.56 bits per heavy atom. The lowest BCUT2D eigenvalue weighted by Crippen LogP contribution is -2.50. The summed E-state index contributed by atoms with van der Waals surface area (Å²) in [7, 11) is -4.12. The predicted octanol–water partition coefficient (Wildman–Crippen LogP) is 2.68. The van der Waals surface area contributed by atoms with Crippen LogP contribution in [0, 0.1) is 5.82 Å². The fraction of sp³-hybridized carbons (Fsp3) is 0.130. The van der Waals surface area contributed by atoms with Crippen LogP contribution in [0.15, 0.2) is 77.7 Å². The molecule has 3 aromatic rings. The zero-order valence-corrected chi connectivity index (χ0v) is 17.7. The highest BCUT2D eigenvalue weighted by Crippen LogP contribution is 2.30. The number of nitrogens with one attached hydrogen (secondary N) is 1. The van der Waals surface area contributed by atoms with E-state index in [9.17, 15) is 22.4 Å². The van der Waals surface area contributed by atoms with Crippen LogP contribution in [0.1, 0.15) is 21.5 Å². The van der Waals surface area contributed by atoms with Gasteiger partial charge < -0.3 is 11.1 Å². The molecule has 164 valence electrons. The van der Waals surface area contributed by atoms with Crippen LogP contribution in [0.3, 0.4) is 0 Å². The fourth-order valence-corrected chi connectivity index (χ4v) is 5.31. The standard InChI is InChI=1S/C23H20FN3O4S/c24-17-9-11-18(12-10-17)32(30,31)27-14-16-6-2-1-5-15(16)13-21(27)23(29)26-20-8-4-3-7-19(20)22(25)28/h1-12,21H,13-14H2,(H2,25,28)(H,26,29)/t21-/m1/s1. The monoisotopic (exact) mass is 453 g/mol.